The quantitative estimate of drug-likeness (QED) is 0.786. The molecule has 1 aliphatic rings. The molecule has 1 aromatic heterocycles. The monoisotopic (exact) mass is 277 g/mol. The molecule has 0 saturated heterocycles. The van der Waals surface area contributed by atoms with Gasteiger partial charge in [0.05, 0.1) is 10.7 Å². The lowest BCUT2D eigenvalue weighted by atomic mass is 10.3. The van der Waals surface area contributed by atoms with Gasteiger partial charge in [-0.15, -0.1) is 11.3 Å². The highest BCUT2D eigenvalue weighted by molar-refractivity contribution is 7.95. The minimum absolute atomic E-state index is 0.0496. The SMILES string of the molecule is NC(=S)CS(=O)(=O)Nc1nc(C2CC2)cs1. The maximum atomic E-state index is 11.5. The summed E-state index contributed by atoms with van der Waals surface area (Å²) in [7, 11) is -3.49. The number of hydrogen-bond donors (Lipinski definition) is 2. The van der Waals surface area contributed by atoms with Crippen molar-refractivity contribution in [3.05, 3.63) is 11.1 Å². The molecule has 2 rings (SSSR count). The van der Waals surface area contributed by atoms with Gasteiger partial charge >= 0.3 is 0 Å². The number of rotatable bonds is 5. The molecule has 1 heterocycles. The van der Waals surface area contributed by atoms with Crippen LogP contribution in [0, 0.1) is 0 Å². The maximum Gasteiger partial charge on any atom is 0.241 e. The largest absolute Gasteiger partial charge is 0.392 e. The molecule has 1 fully saturated rings. The summed E-state index contributed by atoms with van der Waals surface area (Å²) in [6, 6.07) is 0. The number of nitrogens with zero attached hydrogens (tertiary/aromatic N) is 1. The molecule has 0 amide bonds. The van der Waals surface area contributed by atoms with Crippen molar-refractivity contribution in [1.29, 1.82) is 0 Å². The Hall–Kier alpha value is -0.730. The highest BCUT2D eigenvalue weighted by Gasteiger charge is 2.26. The summed E-state index contributed by atoms with van der Waals surface area (Å²) in [5.74, 6) is 0.172. The Bertz CT molecular complexity index is 504. The van der Waals surface area contributed by atoms with Crippen LogP contribution in [-0.4, -0.2) is 24.1 Å². The lowest BCUT2D eigenvalue weighted by Crippen LogP contribution is -2.26. The highest BCUT2D eigenvalue weighted by atomic mass is 32.2. The first-order valence-electron chi connectivity index (χ1n) is 4.70. The molecule has 0 bridgehead atoms. The number of hydrogen-bond acceptors (Lipinski definition) is 5. The molecule has 88 valence electrons. The number of sulfonamides is 1. The predicted molar refractivity (Wildman–Crippen MR) is 68.3 cm³/mol. The normalized spacial score (nSPS) is 16.0. The first kappa shape index (κ1) is 11.7. The topological polar surface area (TPSA) is 85.1 Å². The Labute approximate surface area is 103 Å². The second-order valence-electron chi connectivity index (χ2n) is 3.68. The first-order chi connectivity index (χ1) is 7.46. The maximum absolute atomic E-state index is 11.5. The molecular formula is C8H11N3O2S3. The molecule has 0 atom stereocenters. The highest BCUT2D eigenvalue weighted by Crippen LogP contribution is 2.40. The molecule has 1 saturated carbocycles. The number of nitrogens with two attached hydrogens (primary N) is 1. The van der Waals surface area contributed by atoms with Gasteiger partial charge in [-0.05, 0) is 12.8 Å². The average molecular weight is 277 g/mol. The van der Waals surface area contributed by atoms with Crippen LogP contribution in [0.1, 0.15) is 24.5 Å². The molecule has 1 aliphatic carbocycles. The van der Waals surface area contributed by atoms with Crippen molar-refractivity contribution in [2.75, 3.05) is 10.5 Å². The Morgan fingerprint density at radius 3 is 2.94 bits per heavy atom. The standard InChI is InChI=1S/C8H11N3O2S3/c9-7(14)4-16(12,13)11-8-10-6(3-15-8)5-1-2-5/h3,5H,1-2,4H2,(H2,9,14)(H,10,11). The third kappa shape index (κ3) is 3.13. The van der Waals surface area contributed by atoms with E-state index >= 15 is 0 Å². The minimum Gasteiger partial charge on any atom is -0.392 e. The average Bonchev–Trinajstić information content (AvgIpc) is 2.86. The van der Waals surface area contributed by atoms with Crippen LogP contribution < -0.4 is 10.5 Å². The van der Waals surface area contributed by atoms with Gasteiger partial charge in [0.25, 0.3) is 0 Å². The summed E-state index contributed by atoms with van der Waals surface area (Å²) in [6.07, 6.45) is 2.28. The Morgan fingerprint density at radius 1 is 1.69 bits per heavy atom. The smallest absolute Gasteiger partial charge is 0.241 e. The fourth-order valence-electron chi connectivity index (χ4n) is 1.26. The lowest BCUT2D eigenvalue weighted by Gasteiger charge is -2.02. The van der Waals surface area contributed by atoms with Crippen molar-refractivity contribution in [3.63, 3.8) is 0 Å². The van der Waals surface area contributed by atoms with Crippen molar-refractivity contribution < 1.29 is 8.42 Å². The zero-order valence-corrected chi connectivity index (χ0v) is 10.8. The van der Waals surface area contributed by atoms with E-state index in [1.807, 2.05) is 5.38 Å². The van der Waals surface area contributed by atoms with Crippen LogP contribution in [-0.2, 0) is 10.0 Å². The number of aromatic nitrogens is 1. The molecule has 16 heavy (non-hydrogen) atoms. The molecule has 0 unspecified atom stereocenters. The van der Waals surface area contributed by atoms with E-state index < -0.39 is 10.0 Å². The third-order valence-electron chi connectivity index (χ3n) is 2.09. The molecule has 3 N–H and O–H groups in total. The summed E-state index contributed by atoms with van der Waals surface area (Å²) in [6.45, 7) is 0. The van der Waals surface area contributed by atoms with Gasteiger partial charge in [-0.2, -0.15) is 0 Å². The van der Waals surface area contributed by atoms with Crippen LogP contribution in [0.25, 0.3) is 0 Å². The van der Waals surface area contributed by atoms with E-state index in [4.69, 9.17) is 5.73 Å². The van der Waals surface area contributed by atoms with E-state index in [2.05, 4.69) is 21.9 Å². The van der Waals surface area contributed by atoms with Crippen LogP contribution in [0.15, 0.2) is 5.38 Å². The van der Waals surface area contributed by atoms with Crippen LogP contribution in [0.3, 0.4) is 0 Å². The summed E-state index contributed by atoms with van der Waals surface area (Å²) in [5, 5.41) is 2.27. The van der Waals surface area contributed by atoms with Gasteiger partial charge < -0.3 is 5.73 Å². The van der Waals surface area contributed by atoms with Crippen molar-refractivity contribution in [2.45, 2.75) is 18.8 Å². The van der Waals surface area contributed by atoms with Crippen molar-refractivity contribution in [2.24, 2.45) is 5.73 Å². The lowest BCUT2D eigenvalue weighted by molar-refractivity contribution is 0.605. The van der Waals surface area contributed by atoms with Gasteiger partial charge in [-0.1, -0.05) is 12.2 Å². The number of thiazole rings is 1. The first-order valence-corrected chi connectivity index (χ1v) is 7.64. The number of nitrogens with one attached hydrogen (secondary N) is 1. The van der Waals surface area contributed by atoms with Crippen molar-refractivity contribution in [3.8, 4) is 0 Å². The second-order valence-corrected chi connectivity index (χ2v) is 6.78. The van der Waals surface area contributed by atoms with E-state index in [1.165, 1.54) is 11.3 Å². The molecule has 0 aromatic carbocycles. The van der Waals surface area contributed by atoms with Crippen molar-refractivity contribution >= 4 is 43.7 Å². The number of thiocarbonyl (C=S) groups is 1. The van der Waals surface area contributed by atoms with Gasteiger partial charge in [0.1, 0.15) is 5.75 Å². The second kappa shape index (κ2) is 4.27. The van der Waals surface area contributed by atoms with E-state index in [9.17, 15) is 8.42 Å². The van der Waals surface area contributed by atoms with Crippen LogP contribution in [0.2, 0.25) is 0 Å². The van der Waals surface area contributed by atoms with Crippen LogP contribution in [0.5, 0.6) is 0 Å². The minimum atomic E-state index is -3.49. The van der Waals surface area contributed by atoms with Gasteiger partial charge in [0, 0.05) is 11.3 Å². The van der Waals surface area contributed by atoms with Gasteiger partial charge in [-0.25, -0.2) is 13.4 Å². The fourth-order valence-corrected chi connectivity index (χ4v) is 3.69. The fraction of sp³-hybridized carbons (Fsp3) is 0.500. The summed E-state index contributed by atoms with van der Waals surface area (Å²) in [5.41, 5.74) is 6.16. The Kier molecular flexibility index (Phi) is 3.13. The molecule has 5 nitrogen and oxygen atoms in total. The molecular weight excluding hydrogens is 266 g/mol. The zero-order chi connectivity index (χ0) is 11.8. The summed E-state index contributed by atoms with van der Waals surface area (Å²) in [4.78, 5) is 4.16. The molecule has 0 aliphatic heterocycles. The molecule has 0 spiro atoms. The van der Waals surface area contributed by atoms with Crippen LogP contribution >= 0.6 is 23.6 Å². The Morgan fingerprint density at radius 2 is 2.38 bits per heavy atom. The summed E-state index contributed by atoms with van der Waals surface area (Å²) >= 11 is 5.84. The summed E-state index contributed by atoms with van der Waals surface area (Å²) < 4.78 is 25.4. The van der Waals surface area contributed by atoms with E-state index in [-0.39, 0.29) is 10.7 Å². The molecule has 0 radical (unpaired) electrons. The third-order valence-corrected chi connectivity index (χ3v) is 4.52. The predicted octanol–water partition coefficient (Wildman–Crippen LogP) is 1.05. The van der Waals surface area contributed by atoms with Gasteiger partial charge in [0.15, 0.2) is 5.13 Å². The number of anilines is 1. The molecule has 8 heteroatoms. The zero-order valence-electron chi connectivity index (χ0n) is 8.34. The Balaban J connectivity index is 2.04. The molecule has 1 aromatic rings. The van der Waals surface area contributed by atoms with E-state index in [0.717, 1.165) is 18.5 Å². The van der Waals surface area contributed by atoms with Crippen molar-refractivity contribution in [1.82, 2.24) is 4.98 Å². The van der Waals surface area contributed by atoms with E-state index in [1.54, 1.807) is 0 Å². The van der Waals surface area contributed by atoms with Gasteiger partial charge in [0.2, 0.25) is 10.0 Å². The van der Waals surface area contributed by atoms with E-state index in [0.29, 0.717) is 11.0 Å². The van der Waals surface area contributed by atoms with Crippen LogP contribution in [0.4, 0.5) is 5.13 Å². The van der Waals surface area contributed by atoms with Gasteiger partial charge in [-0.3, -0.25) is 4.72 Å².